The highest BCUT2D eigenvalue weighted by atomic mass is 32.1. The van der Waals surface area contributed by atoms with Crippen molar-refractivity contribution in [3.8, 4) is 17.0 Å². The number of phenolic OH excluding ortho intramolecular Hbond substituents is 1. The van der Waals surface area contributed by atoms with Gasteiger partial charge in [-0.15, -0.1) is 11.3 Å². The number of anilines is 1. The number of carboxylic acids is 1. The molecule has 2 aromatic carbocycles. The summed E-state index contributed by atoms with van der Waals surface area (Å²) in [5, 5.41) is 24.7. The fourth-order valence-electron chi connectivity index (χ4n) is 2.62. The standard InChI is InChI=1S/C20H20N2O3S/c1-13-3-7-15(8-4-13)17-12-26-19(21-17)22-20(2,18(24)25)11-14-5-9-16(23)10-6-14/h3-10,12,23H,11H2,1-2H3,(H,21,22)(H,24,25)/t20-/m0/s1. The summed E-state index contributed by atoms with van der Waals surface area (Å²) in [5.74, 6) is -0.806. The van der Waals surface area contributed by atoms with E-state index in [0.29, 0.717) is 5.13 Å². The molecular weight excluding hydrogens is 348 g/mol. The Labute approximate surface area is 156 Å². The van der Waals surface area contributed by atoms with Gasteiger partial charge in [-0.1, -0.05) is 42.0 Å². The van der Waals surface area contributed by atoms with Gasteiger partial charge < -0.3 is 15.5 Å². The summed E-state index contributed by atoms with van der Waals surface area (Å²) in [5.41, 5.74) is 2.59. The van der Waals surface area contributed by atoms with E-state index in [9.17, 15) is 15.0 Å². The molecule has 0 saturated carbocycles. The van der Waals surface area contributed by atoms with Crippen molar-refractivity contribution >= 4 is 22.4 Å². The van der Waals surface area contributed by atoms with Crippen molar-refractivity contribution in [3.63, 3.8) is 0 Å². The van der Waals surface area contributed by atoms with Gasteiger partial charge in [-0.05, 0) is 31.5 Å². The first-order valence-corrected chi connectivity index (χ1v) is 9.06. The van der Waals surface area contributed by atoms with Crippen molar-refractivity contribution in [2.24, 2.45) is 0 Å². The second-order valence-corrected chi connectivity index (χ2v) is 7.37. The molecule has 1 atom stereocenters. The predicted octanol–water partition coefficient (Wildman–Crippen LogP) is 4.32. The minimum Gasteiger partial charge on any atom is -0.508 e. The monoisotopic (exact) mass is 368 g/mol. The Bertz CT molecular complexity index is 904. The Morgan fingerprint density at radius 2 is 1.81 bits per heavy atom. The number of aromatic nitrogens is 1. The van der Waals surface area contributed by atoms with E-state index in [1.54, 1.807) is 31.2 Å². The fraction of sp³-hybridized carbons (Fsp3) is 0.200. The number of carbonyl (C=O) groups is 1. The Balaban J connectivity index is 1.80. The summed E-state index contributed by atoms with van der Waals surface area (Å²) in [6, 6.07) is 14.6. The molecule has 1 heterocycles. The zero-order valence-electron chi connectivity index (χ0n) is 14.6. The normalized spacial score (nSPS) is 13.2. The average molecular weight is 368 g/mol. The topological polar surface area (TPSA) is 82.5 Å². The number of rotatable bonds is 6. The molecule has 0 aliphatic heterocycles. The molecule has 0 radical (unpaired) electrons. The number of hydrogen-bond acceptors (Lipinski definition) is 5. The van der Waals surface area contributed by atoms with E-state index in [4.69, 9.17) is 0 Å². The second kappa shape index (κ2) is 7.17. The molecule has 0 unspecified atom stereocenters. The lowest BCUT2D eigenvalue weighted by atomic mass is 9.93. The van der Waals surface area contributed by atoms with Gasteiger partial charge in [-0.2, -0.15) is 0 Å². The maximum Gasteiger partial charge on any atom is 0.329 e. The molecule has 0 amide bonds. The van der Waals surface area contributed by atoms with E-state index in [1.807, 2.05) is 36.6 Å². The fourth-order valence-corrected chi connectivity index (χ4v) is 3.47. The maximum absolute atomic E-state index is 11.9. The van der Waals surface area contributed by atoms with Crippen LogP contribution in [0, 0.1) is 6.92 Å². The van der Waals surface area contributed by atoms with Crippen LogP contribution in [0.5, 0.6) is 5.75 Å². The number of hydrogen-bond donors (Lipinski definition) is 3. The molecule has 26 heavy (non-hydrogen) atoms. The number of benzene rings is 2. The first-order chi connectivity index (χ1) is 12.4. The zero-order valence-corrected chi connectivity index (χ0v) is 15.4. The van der Waals surface area contributed by atoms with Gasteiger partial charge in [0.1, 0.15) is 11.3 Å². The summed E-state index contributed by atoms with van der Waals surface area (Å²) in [6.07, 6.45) is 0.266. The van der Waals surface area contributed by atoms with Gasteiger partial charge in [0.25, 0.3) is 0 Å². The Hall–Kier alpha value is -2.86. The molecule has 6 heteroatoms. The van der Waals surface area contributed by atoms with Crippen LogP contribution in [0.4, 0.5) is 5.13 Å². The van der Waals surface area contributed by atoms with Crippen molar-refractivity contribution in [3.05, 3.63) is 65.0 Å². The van der Waals surface area contributed by atoms with Crippen molar-refractivity contribution in [1.82, 2.24) is 4.98 Å². The van der Waals surface area contributed by atoms with Gasteiger partial charge in [-0.3, -0.25) is 0 Å². The van der Waals surface area contributed by atoms with Gasteiger partial charge in [-0.25, -0.2) is 9.78 Å². The van der Waals surface area contributed by atoms with E-state index in [1.165, 1.54) is 16.9 Å². The van der Waals surface area contributed by atoms with Crippen molar-refractivity contribution in [2.45, 2.75) is 25.8 Å². The van der Waals surface area contributed by atoms with Crippen molar-refractivity contribution in [1.29, 1.82) is 0 Å². The number of aryl methyl sites for hydroxylation is 1. The number of aliphatic carboxylic acids is 1. The second-order valence-electron chi connectivity index (χ2n) is 6.51. The van der Waals surface area contributed by atoms with Crippen LogP contribution in [0.1, 0.15) is 18.1 Å². The number of nitrogens with one attached hydrogen (secondary N) is 1. The van der Waals surface area contributed by atoms with Crippen LogP contribution in [-0.4, -0.2) is 26.7 Å². The van der Waals surface area contributed by atoms with Crippen molar-refractivity contribution < 1.29 is 15.0 Å². The van der Waals surface area contributed by atoms with Crippen molar-refractivity contribution in [2.75, 3.05) is 5.32 Å². The Morgan fingerprint density at radius 3 is 2.42 bits per heavy atom. The summed E-state index contributed by atoms with van der Waals surface area (Å²) in [4.78, 5) is 16.4. The van der Waals surface area contributed by atoms with E-state index in [0.717, 1.165) is 16.8 Å². The number of carboxylic acid groups (broad SMARTS) is 1. The summed E-state index contributed by atoms with van der Waals surface area (Å²) in [6.45, 7) is 3.66. The summed E-state index contributed by atoms with van der Waals surface area (Å²) in [7, 11) is 0. The molecule has 0 aliphatic rings. The molecule has 0 spiro atoms. The number of thiazole rings is 1. The number of aromatic hydroxyl groups is 1. The van der Waals surface area contributed by atoms with Crippen LogP contribution < -0.4 is 5.32 Å². The molecule has 3 N–H and O–H groups in total. The van der Waals surface area contributed by atoms with Crippen LogP contribution in [0.15, 0.2) is 53.9 Å². The van der Waals surface area contributed by atoms with E-state index < -0.39 is 11.5 Å². The highest BCUT2D eigenvalue weighted by molar-refractivity contribution is 7.14. The van der Waals surface area contributed by atoms with Gasteiger partial charge in [0.2, 0.25) is 0 Å². The molecule has 134 valence electrons. The van der Waals surface area contributed by atoms with E-state index in [2.05, 4.69) is 10.3 Å². The summed E-state index contributed by atoms with van der Waals surface area (Å²) < 4.78 is 0. The lowest BCUT2D eigenvalue weighted by molar-refractivity contribution is -0.141. The average Bonchev–Trinajstić information content (AvgIpc) is 3.05. The lowest BCUT2D eigenvalue weighted by Crippen LogP contribution is -2.45. The SMILES string of the molecule is Cc1ccc(-c2csc(N[C@@](C)(Cc3ccc(O)cc3)C(=O)O)n2)cc1. The van der Waals surface area contributed by atoms with Crippen LogP contribution in [0.3, 0.4) is 0 Å². The van der Waals surface area contributed by atoms with Gasteiger partial charge >= 0.3 is 5.97 Å². The maximum atomic E-state index is 11.9. The third kappa shape index (κ3) is 4.03. The largest absolute Gasteiger partial charge is 0.508 e. The minimum atomic E-state index is -1.21. The smallest absolute Gasteiger partial charge is 0.329 e. The Morgan fingerprint density at radius 1 is 1.15 bits per heavy atom. The zero-order chi connectivity index (χ0) is 18.7. The molecule has 3 aromatic rings. The van der Waals surface area contributed by atoms with Crippen LogP contribution in [0.25, 0.3) is 11.3 Å². The molecule has 1 aromatic heterocycles. The van der Waals surface area contributed by atoms with E-state index >= 15 is 0 Å². The predicted molar refractivity (Wildman–Crippen MR) is 104 cm³/mol. The Kier molecular flexibility index (Phi) is 4.95. The summed E-state index contributed by atoms with van der Waals surface area (Å²) >= 11 is 1.38. The minimum absolute atomic E-state index is 0.154. The first kappa shape index (κ1) is 17.9. The molecule has 5 nitrogen and oxygen atoms in total. The molecule has 0 aliphatic carbocycles. The molecular formula is C20H20N2O3S. The van der Waals surface area contributed by atoms with Gasteiger partial charge in [0, 0.05) is 17.4 Å². The quantitative estimate of drug-likeness (QED) is 0.603. The van der Waals surface area contributed by atoms with Gasteiger partial charge in [0.05, 0.1) is 5.69 Å². The lowest BCUT2D eigenvalue weighted by Gasteiger charge is -2.26. The third-order valence-electron chi connectivity index (χ3n) is 4.20. The number of nitrogens with zero attached hydrogens (tertiary/aromatic N) is 1. The first-order valence-electron chi connectivity index (χ1n) is 8.18. The molecule has 0 fully saturated rings. The van der Waals surface area contributed by atoms with Crippen LogP contribution in [-0.2, 0) is 11.2 Å². The highest BCUT2D eigenvalue weighted by Crippen LogP contribution is 2.28. The molecule has 3 rings (SSSR count). The van der Waals surface area contributed by atoms with Gasteiger partial charge in [0.15, 0.2) is 5.13 Å². The van der Waals surface area contributed by atoms with Crippen LogP contribution >= 0.6 is 11.3 Å². The third-order valence-corrected chi connectivity index (χ3v) is 4.96. The molecule has 0 bridgehead atoms. The van der Waals surface area contributed by atoms with E-state index in [-0.39, 0.29) is 12.2 Å². The highest BCUT2D eigenvalue weighted by Gasteiger charge is 2.34. The number of phenols is 1. The molecule has 0 saturated heterocycles. The van der Waals surface area contributed by atoms with Crippen LogP contribution in [0.2, 0.25) is 0 Å².